The first-order valence-electron chi connectivity index (χ1n) is 6.63. The molecule has 0 bridgehead atoms. The van der Waals surface area contributed by atoms with Gasteiger partial charge in [0.25, 0.3) is 0 Å². The Morgan fingerprint density at radius 1 is 1.16 bits per heavy atom. The van der Waals surface area contributed by atoms with Gasteiger partial charge in [0, 0.05) is 24.3 Å². The maximum atomic E-state index is 9.18. The predicted octanol–water partition coefficient (Wildman–Crippen LogP) is 2.91. The van der Waals surface area contributed by atoms with Gasteiger partial charge in [0.2, 0.25) is 0 Å². The van der Waals surface area contributed by atoms with Crippen LogP contribution in [0.15, 0.2) is 42.5 Å². The lowest BCUT2D eigenvalue weighted by Gasteiger charge is -2.34. The van der Waals surface area contributed by atoms with Crippen LogP contribution in [0.1, 0.15) is 20.3 Å². The third-order valence-electron chi connectivity index (χ3n) is 3.53. The van der Waals surface area contributed by atoms with Crippen molar-refractivity contribution in [3.8, 4) is 5.75 Å². The van der Waals surface area contributed by atoms with Gasteiger partial charge in [-0.2, -0.15) is 0 Å². The maximum Gasteiger partial charge on any atom is 0.163 e. The number of nitrogens with two attached hydrogens (primary N) is 1. The number of benzene rings is 2. The van der Waals surface area contributed by atoms with E-state index in [1.807, 2.05) is 56.3 Å². The van der Waals surface area contributed by atoms with Gasteiger partial charge in [0.05, 0.1) is 0 Å². The maximum absolute atomic E-state index is 9.18. The van der Waals surface area contributed by atoms with Crippen LogP contribution in [0.3, 0.4) is 0 Å². The van der Waals surface area contributed by atoms with E-state index in [1.165, 1.54) is 0 Å². The molecular formula is C16H21NO2. The van der Waals surface area contributed by atoms with Gasteiger partial charge < -0.3 is 9.84 Å². The predicted molar refractivity (Wildman–Crippen MR) is 78.0 cm³/mol. The van der Waals surface area contributed by atoms with Gasteiger partial charge in [-0.15, -0.1) is 0 Å². The van der Waals surface area contributed by atoms with E-state index >= 15 is 0 Å². The Labute approximate surface area is 114 Å². The molecule has 0 fully saturated rings. The Balaban J connectivity index is 2.39. The molecule has 0 aliphatic heterocycles. The van der Waals surface area contributed by atoms with Crippen molar-refractivity contribution in [3.05, 3.63) is 42.5 Å². The van der Waals surface area contributed by atoms with Crippen molar-refractivity contribution in [2.75, 3.05) is 6.61 Å². The highest BCUT2D eigenvalue weighted by Crippen LogP contribution is 2.30. The molecule has 0 amide bonds. The number of rotatable bonds is 5. The van der Waals surface area contributed by atoms with Crippen LogP contribution in [0.4, 0.5) is 0 Å². The summed E-state index contributed by atoms with van der Waals surface area (Å²) in [5.41, 5.74) is 5.44. The molecule has 0 saturated carbocycles. The van der Waals surface area contributed by atoms with Gasteiger partial charge in [-0.3, -0.25) is 5.73 Å². The van der Waals surface area contributed by atoms with Gasteiger partial charge in [-0.1, -0.05) is 50.2 Å². The summed E-state index contributed by atoms with van der Waals surface area (Å²) in [5, 5.41) is 11.3. The Hall–Kier alpha value is -1.58. The third-order valence-corrected chi connectivity index (χ3v) is 3.53. The van der Waals surface area contributed by atoms with Crippen molar-refractivity contribution in [2.24, 2.45) is 11.7 Å². The lowest BCUT2D eigenvalue weighted by molar-refractivity contribution is 0.00646. The lowest BCUT2D eigenvalue weighted by Crippen LogP contribution is -2.51. The van der Waals surface area contributed by atoms with Crippen molar-refractivity contribution in [1.82, 2.24) is 0 Å². The fourth-order valence-electron chi connectivity index (χ4n) is 2.12. The largest absolute Gasteiger partial charge is 0.472 e. The average molecular weight is 259 g/mol. The van der Waals surface area contributed by atoms with Gasteiger partial charge in [-0.05, 0) is 11.5 Å². The summed E-state index contributed by atoms with van der Waals surface area (Å²) in [5.74, 6) is 0.876. The van der Waals surface area contributed by atoms with Gasteiger partial charge in [0.15, 0.2) is 5.72 Å². The van der Waals surface area contributed by atoms with Crippen molar-refractivity contribution < 1.29 is 9.84 Å². The fraction of sp³-hybridized carbons (Fsp3) is 0.375. The molecule has 3 nitrogen and oxygen atoms in total. The highest BCUT2D eigenvalue weighted by atomic mass is 16.5. The fourth-order valence-corrected chi connectivity index (χ4v) is 2.12. The normalized spacial score (nSPS) is 14.6. The molecule has 2 rings (SSSR count). The first-order valence-corrected chi connectivity index (χ1v) is 6.63. The molecule has 0 heterocycles. The van der Waals surface area contributed by atoms with Crippen LogP contribution < -0.4 is 10.5 Å². The minimum atomic E-state index is -0.848. The molecule has 3 N–H and O–H groups in total. The van der Waals surface area contributed by atoms with Crippen LogP contribution in [0.5, 0.6) is 5.75 Å². The molecule has 0 saturated heterocycles. The summed E-state index contributed by atoms with van der Waals surface area (Å²) >= 11 is 0. The van der Waals surface area contributed by atoms with E-state index in [9.17, 15) is 5.11 Å². The van der Waals surface area contributed by atoms with Crippen LogP contribution in [-0.2, 0) is 0 Å². The van der Waals surface area contributed by atoms with Crippen molar-refractivity contribution >= 4 is 10.8 Å². The van der Waals surface area contributed by atoms with Crippen LogP contribution >= 0.6 is 0 Å². The quantitative estimate of drug-likeness (QED) is 0.812. The monoisotopic (exact) mass is 259 g/mol. The lowest BCUT2D eigenvalue weighted by atomic mass is 9.97. The van der Waals surface area contributed by atoms with E-state index in [2.05, 4.69) is 0 Å². The molecule has 1 atom stereocenters. The smallest absolute Gasteiger partial charge is 0.163 e. The zero-order chi connectivity index (χ0) is 13.9. The summed E-state index contributed by atoms with van der Waals surface area (Å²) in [6.07, 6.45) is 0.411. The minimum Gasteiger partial charge on any atom is -0.472 e. The molecule has 19 heavy (non-hydrogen) atoms. The molecular weight excluding hydrogens is 238 g/mol. The summed E-state index contributed by atoms with van der Waals surface area (Å²) in [4.78, 5) is 0. The molecule has 2 aromatic rings. The van der Waals surface area contributed by atoms with Crippen molar-refractivity contribution in [1.29, 1.82) is 0 Å². The Morgan fingerprint density at radius 2 is 1.84 bits per heavy atom. The van der Waals surface area contributed by atoms with E-state index in [1.54, 1.807) is 0 Å². The number of hydrogen-bond donors (Lipinski definition) is 2. The van der Waals surface area contributed by atoms with E-state index in [0.29, 0.717) is 6.42 Å². The molecule has 0 aromatic heterocycles. The van der Waals surface area contributed by atoms with Crippen LogP contribution in [-0.4, -0.2) is 17.4 Å². The van der Waals surface area contributed by atoms with E-state index in [-0.39, 0.29) is 12.5 Å². The highest BCUT2D eigenvalue weighted by molar-refractivity contribution is 5.88. The average Bonchev–Trinajstić information content (AvgIpc) is 2.39. The van der Waals surface area contributed by atoms with Crippen LogP contribution in [0.2, 0.25) is 0 Å². The second-order valence-electron chi connectivity index (χ2n) is 5.16. The Kier molecular flexibility index (Phi) is 4.08. The van der Waals surface area contributed by atoms with Gasteiger partial charge in [-0.25, -0.2) is 0 Å². The molecule has 2 aromatic carbocycles. The molecule has 1 unspecified atom stereocenters. The second kappa shape index (κ2) is 5.59. The molecule has 0 aliphatic rings. The number of fused-ring (bicyclic) bond motifs is 1. The molecule has 102 valence electrons. The first kappa shape index (κ1) is 13.8. The summed E-state index contributed by atoms with van der Waals surface area (Å²) in [7, 11) is 0. The zero-order valence-electron chi connectivity index (χ0n) is 11.5. The first-order chi connectivity index (χ1) is 9.07. The topological polar surface area (TPSA) is 55.5 Å². The van der Waals surface area contributed by atoms with E-state index in [0.717, 1.165) is 16.5 Å². The van der Waals surface area contributed by atoms with Gasteiger partial charge in [0.1, 0.15) is 5.75 Å². The number of aliphatic hydroxyl groups is 1. The number of ether oxygens (including phenoxy) is 1. The molecule has 0 spiro atoms. The SMILES string of the molecule is CC(C)C(N)(CCO)Oc1cccc2ccccc12. The number of aliphatic hydroxyl groups excluding tert-OH is 1. The summed E-state index contributed by atoms with van der Waals surface area (Å²) in [6.45, 7) is 4.01. The standard InChI is InChI=1S/C16H21NO2/c1-12(2)16(17,10-11-18)19-15-9-5-7-13-6-3-4-8-14(13)15/h3-9,12,18H,10-11,17H2,1-2H3. The summed E-state index contributed by atoms with van der Waals surface area (Å²) < 4.78 is 6.03. The van der Waals surface area contributed by atoms with E-state index < -0.39 is 5.72 Å². The van der Waals surface area contributed by atoms with Crippen molar-refractivity contribution in [2.45, 2.75) is 26.0 Å². The zero-order valence-corrected chi connectivity index (χ0v) is 11.5. The molecule has 3 heteroatoms. The van der Waals surface area contributed by atoms with Crippen LogP contribution in [0.25, 0.3) is 10.8 Å². The van der Waals surface area contributed by atoms with Crippen LogP contribution in [0, 0.1) is 5.92 Å². The van der Waals surface area contributed by atoms with E-state index in [4.69, 9.17) is 10.5 Å². The highest BCUT2D eigenvalue weighted by Gasteiger charge is 2.31. The van der Waals surface area contributed by atoms with Gasteiger partial charge >= 0.3 is 0 Å². The number of hydrogen-bond acceptors (Lipinski definition) is 3. The second-order valence-corrected chi connectivity index (χ2v) is 5.16. The summed E-state index contributed by atoms with van der Waals surface area (Å²) in [6, 6.07) is 14.0. The minimum absolute atomic E-state index is 0.0133. The molecule has 0 radical (unpaired) electrons. The third kappa shape index (κ3) is 2.88. The Morgan fingerprint density at radius 3 is 2.53 bits per heavy atom. The molecule has 0 aliphatic carbocycles. The Bertz CT molecular complexity index is 548. The van der Waals surface area contributed by atoms with Crippen molar-refractivity contribution in [3.63, 3.8) is 0 Å².